The second-order valence-electron chi connectivity index (χ2n) is 4.82. The monoisotopic (exact) mass is 426 g/mol. The lowest BCUT2D eigenvalue weighted by Crippen LogP contribution is -2.35. The third-order valence-corrected chi connectivity index (χ3v) is 4.55. The van der Waals surface area contributed by atoms with Crippen molar-refractivity contribution >= 4 is 40.1 Å². The molecule has 0 aromatic carbocycles. The van der Waals surface area contributed by atoms with E-state index in [0.717, 1.165) is 11.4 Å². The molecule has 0 amide bonds. The van der Waals surface area contributed by atoms with Crippen LogP contribution < -0.4 is 21.7 Å². The molecule has 0 aliphatic heterocycles. The molecule has 0 aliphatic rings. The van der Waals surface area contributed by atoms with Gasteiger partial charge in [-0.25, -0.2) is 18.8 Å². The third kappa shape index (κ3) is 8.78. The molecule has 0 unspecified atom stereocenters. The number of hydrogen-bond donors (Lipinski definition) is 4. The molecule has 1 heterocycles. The van der Waals surface area contributed by atoms with Crippen LogP contribution in [0.5, 0.6) is 0 Å². The zero-order valence-electron chi connectivity index (χ0n) is 14.2. The van der Waals surface area contributed by atoms with Crippen molar-refractivity contribution in [3.8, 4) is 6.19 Å². The summed E-state index contributed by atoms with van der Waals surface area (Å²) >= 11 is 2.75. The van der Waals surface area contributed by atoms with Crippen molar-refractivity contribution in [3.05, 3.63) is 11.1 Å². The molecule has 1 aromatic heterocycles. The van der Waals surface area contributed by atoms with Gasteiger partial charge in [-0.1, -0.05) is 0 Å². The number of hydrogen-bond acceptors (Lipinski definition) is 6. The van der Waals surface area contributed by atoms with E-state index in [0.29, 0.717) is 23.4 Å². The minimum atomic E-state index is -4.23. The molecular formula is C13H18F4N8S2. The standard InChI is InChI=1S/C13H18F4N8S2/c1-20-11(23-7-18)21-2-3-26-4-8-5-27-12(24-8)25-10(19)22-6-13(16,17)9(14)15/h5,9H,2-4,6H2,1H3,(H2,20,21,23)(H3,19,22,24,25). The largest absolute Gasteiger partial charge is 0.370 e. The maximum atomic E-state index is 12.8. The highest BCUT2D eigenvalue weighted by Crippen LogP contribution is 2.23. The zero-order chi connectivity index (χ0) is 20.3. The van der Waals surface area contributed by atoms with Crippen molar-refractivity contribution in [2.75, 3.05) is 31.2 Å². The van der Waals surface area contributed by atoms with Gasteiger partial charge in [0.2, 0.25) is 5.96 Å². The number of alkyl halides is 4. The Kier molecular flexibility index (Phi) is 9.65. The molecule has 0 saturated carbocycles. The van der Waals surface area contributed by atoms with Crippen molar-refractivity contribution in [3.63, 3.8) is 0 Å². The molecule has 0 radical (unpaired) electrons. The Morgan fingerprint density at radius 2 is 2.26 bits per heavy atom. The number of halogens is 4. The predicted octanol–water partition coefficient (Wildman–Crippen LogP) is 1.65. The van der Waals surface area contributed by atoms with E-state index < -0.39 is 24.9 Å². The highest BCUT2D eigenvalue weighted by atomic mass is 32.2. The number of aromatic nitrogens is 1. The molecule has 0 spiro atoms. The van der Waals surface area contributed by atoms with E-state index in [4.69, 9.17) is 11.0 Å². The summed E-state index contributed by atoms with van der Waals surface area (Å²) in [6.07, 6.45) is -2.04. The number of thioether (sulfide) groups is 1. The molecular weight excluding hydrogens is 408 g/mol. The average molecular weight is 426 g/mol. The molecule has 1 rings (SSSR count). The topological polar surface area (TPSA) is 124 Å². The Bertz CT molecular complexity index is 686. The van der Waals surface area contributed by atoms with E-state index in [2.05, 4.69) is 30.9 Å². The number of nitriles is 1. The number of nitrogens with zero attached hydrogens (tertiary/aromatic N) is 4. The van der Waals surface area contributed by atoms with Crippen molar-refractivity contribution in [1.82, 2.24) is 15.6 Å². The van der Waals surface area contributed by atoms with Crippen LogP contribution in [0, 0.1) is 11.5 Å². The number of anilines is 1. The number of thiazole rings is 1. The lowest BCUT2D eigenvalue weighted by atomic mass is 10.3. The summed E-state index contributed by atoms with van der Waals surface area (Å²) in [7, 11) is 1.55. The Morgan fingerprint density at radius 1 is 1.52 bits per heavy atom. The van der Waals surface area contributed by atoms with Gasteiger partial charge in [0.1, 0.15) is 6.54 Å². The lowest BCUT2D eigenvalue weighted by molar-refractivity contribution is -0.119. The summed E-state index contributed by atoms with van der Waals surface area (Å²) in [6, 6.07) is 0. The normalized spacial score (nSPS) is 12.8. The minimum Gasteiger partial charge on any atom is -0.370 e. The van der Waals surface area contributed by atoms with Crippen LogP contribution in [0.1, 0.15) is 5.69 Å². The first-order valence-electron chi connectivity index (χ1n) is 7.39. The van der Waals surface area contributed by atoms with Crippen LogP contribution in [0.25, 0.3) is 0 Å². The highest BCUT2D eigenvalue weighted by Gasteiger charge is 2.40. The van der Waals surface area contributed by atoms with Crippen LogP contribution in [0.15, 0.2) is 15.4 Å². The first-order valence-corrected chi connectivity index (χ1v) is 9.42. The highest BCUT2D eigenvalue weighted by molar-refractivity contribution is 7.98. The van der Waals surface area contributed by atoms with Crippen molar-refractivity contribution < 1.29 is 17.6 Å². The van der Waals surface area contributed by atoms with E-state index in [9.17, 15) is 17.6 Å². The minimum absolute atomic E-state index is 0.323. The Labute approximate surface area is 161 Å². The van der Waals surface area contributed by atoms with E-state index in [1.807, 2.05) is 0 Å². The summed E-state index contributed by atoms with van der Waals surface area (Å²) in [4.78, 5) is 11.2. The summed E-state index contributed by atoms with van der Waals surface area (Å²) in [5.41, 5.74) is 6.14. The number of nitrogens with two attached hydrogens (primary N) is 1. The summed E-state index contributed by atoms with van der Waals surface area (Å²) in [6.45, 7) is -0.826. The fourth-order valence-electron chi connectivity index (χ4n) is 1.49. The number of nitrogens with one attached hydrogen (secondary N) is 3. The van der Waals surface area contributed by atoms with Crippen LogP contribution >= 0.6 is 23.1 Å². The Balaban J connectivity index is 2.36. The van der Waals surface area contributed by atoms with Gasteiger partial charge in [0.25, 0.3) is 0 Å². The molecule has 0 saturated heterocycles. The maximum Gasteiger partial charge on any atom is 0.326 e. The fourth-order valence-corrected chi connectivity index (χ4v) is 3.06. The van der Waals surface area contributed by atoms with Crippen molar-refractivity contribution in [2.24, 2.45) is 15.7 Å². The SMILES string of the molecule is CN=C(NC#N)NCCSCc1csc(NC(N)=NCC(F)(F)C(F)F)n1. The van der Waals surface area contributed by atoms with Crippen LogP contribution in [-0.4, -0.2) is 55.1 Å². The number of guanidine groups is 2. The van der Waals surface area contributed by atoms with Crippen LogP contribution in [-0.2, 0) is 5.75 Å². The van der Waals surface area contributed by atoms with Gasteiger partial charge in [0.05, 0.1) is 5.69 Å². The maximum absolute atomic E-state index is 12.8. The molecule has 0 bridgehead atoms. The molecule has 1 aromatic rings. The molecule has 8 nitrogen and oxygen atoms in total. The van der Waals surface area contributed by atoms with Gasteiger partial charge < -0.3 is 16.4 Å². The van der Waals surface area contributed by atoms with Gasteiger partial charge >= 0.3 is 12.3 Å². The summed E-state index contributed by atoms with van der Waals surface area (Å²) in [5.74, 6) is -2.95. The molecule has 150 valence electrons. The second kappa shape index (κ2) is 11.4. The summed E-state index contributed by atoms with van der Waals surface area (Å²) in [5, 5.41) is 18.4. The number of aliphatic imine (C=N–C) groups is 2. The summed E-state index contributed by atoms with van der Waals surface area (Å²) < 4.78 is 49.7. The van der Waals surface area contributed by atoms with Gasteiger partial charge in [-0.05, 0) is 0 Å². The van der Waals surface area contributed by atoms with Gasteiger partial charge in [-0.2, -0.15) is 25.8 Å². The smallest absolute Gasteiger partial charge is 0.326 e. The lowest BCUT2D eigenvalue weighted by Gasteiger charge is -2.12. The average Bonchev–Trinajstić information content (AvgIpc) is 3.06. The molecule has 0 fully saturated rings. The van der Waals surface area contributed by atoms with Gasteiger partial charge in [-0.3, -0.25) is 10.3 Å². The molecule has 14 heteroatoms. The fraction of sp³-hybridized carbons (Fsp3) is 0.538. The molecule has 5 N–H and O–H groups in total. The zero-order valence-corrected chi connectivity index (χ0v) is 15.8. The predicted molar refractivity (Wildman–Crippen MR) is 99.4 cm³/mol. The van der Waals surface area contributed by atoms with E-state index in [1.54, 1.807) is 30.4 Å². The Hall–Kier alpha value is -2.27. The third-order valence-electron chi connectivity index (χ3n) is 2.75. The van der Waals surface area contributed by atoms with E-state index in [1.165, 1.54) is 11.3 Å². The number of rotatable bonds is 9. The second-order valence-corrected chi connectivity index (χ2v) is 6.78. The first kappa shape index (κ1) is 22.8. The quantitative estimate of drug-likeness (QED) is 0.118. The van der Waals surface area contributed by atoms with E-state index in [-0.39, 0.29) is 0 Å². The van der Waals surface area contributed by atoms with Crippen LogP contribution in [0.3, 0.4) is 0 Å². The van der Waals surface area contributed by atoms with Crippen molar-refractivity contribution in [1.29, 1.82) is 5.26 Å². The molecule has 0 aliphatic carbocycles. The van der Waals surface area contributed by atoms with Gasteiger partial charge in [0, 0.05) is 30.5 Å². The Morgan fingerprint density at radius 3 is 2.89 bits per heavy atom. The molecule has 0 atom stereocenters. The van der Waals surface area contributed by atoms with E-state index >= 15 is 0 Å². The van der Waals surface area contributed by atoms with Gasteiger partial charge in [0.15, 0.2) is 17.3 Å². The van der Waals surface area contributed by atoms with Crippen LogP contribution in [0.2, 0.25) is 0 Å². The first-order chi connectivity index (χ1) is 12.8. The van der Waals surface area contributed by atoms with Crippen LogP contribution in [0.4, 0.5) is 22.7 Å². The van der Waals surface area contributed by atoms with Gasteiger partial charge in [-0.15, -0.1) is 11.3 Å². The molecule has 27 heavy (non-hydrogen) atoms. The van der Waals surface area contributed by atoms with Crippen molar-refractivity contribution in [2.45, 2.75) is 18.1 Å².